The van der Waals surface area contributed by atoms with Gasteiger partial charge in [-0.2, -0.15) is 0 Å². The van der Waals surface area contributed by atoms with Crippen LogP contribution in [-0.2, 0) is 0 Å². The van der Waals surface area contributed by atoms with Crippen LogP contribution in [0.15, 0.2) is 24.3 Å². The lowest BCUT2D eigenvalue weighted by Crippen LogP contribution is -2.26. The van der Waals surface area contributed by atoms with E-state index in [1.807, 2.05) is 0 Å². The lowest BCUT2D eigenvalue weighted by atomic mass is 10.1. The highest BCUT2D eigenvalue weighted by Crippen LogP contribution is 2.19. The van der Waals surface area contributed by atoms with E-state index >= 15 is 0 Å². The largest absolute Gasteiger partial charge is 0.332 e. The van der Waals surface area contributed by atoms with Crippen molar-refractivity contribution in [1.82, 2.24) is 4.81 Å². The molecule has 0 atom stereocenters. The van der Waals surface area contributed by atoms with Gasteiger partial charge >= 0.3 is 0 Å². The molecule has 3 nitrogen and oxygen atoms in total. The number of amides is 2. The fourth-order valence-electron chi connectivity index (χ4n) is 1.21. The first-order valence-corrected chi connectivity index (χ1v) is 3.44. The SMILES string of the molecule is [B]N1C(=O)c2ccccc2C1=O. The Balaban J connectivity index is 2.67. The summed E-state index contributed by atoms with van der Waals surface area (Å²) in [5.74, 6) is -0.869. The Morgan fingerprint density at radius 2 is 1.42 bits per heavy atom. The molecule has 0 aliphatic carbocycles. The van der Waals surface area contributed by atoms with Gasteiger partial charge in [-0.25, -0.2) is 0 Å². The van der Waals surface area contributed by atoms with E-state index in [4.69, 9.17) is 7.98 Å². The van der Waals surface area contributed by atoms with Crippen molar-refractivity contribution < 1.29 is 9.59 Å². The number of fused-ring (bicyclic) bond motifs is 1. The molecule has 56 valence electrons. The van der Waals surface area contributed by atoms with E-state index in [1.165, 1.54) is 0 Å². The molecule has 2 amide bonds. The van der Waals surface area contributed by atoms with Gasteiger partial charge in [-0.3, -0.25) is 9.59 Å². The topological polar surface area (TPSA) is 37.4 Å². The number of nitrogens with zero attached hydrogens (tertiary/aromatic N) is 1. The molecule has 2 rings (SSSR count). The van der Waals surface area contributed by atoms with Crippen molar-refractivity contribution in [1.29, 1.82) is 0 Å². The van der Waals surface area contributed by atoms with Crippen LogP contribution in [0.3, 0.4) is 0 Å². The van der Waals surface area contributed by atoms with Crippen molar-refractivity contribution in [3.63, 3.8) is 0 Å². The van der Waals surface area contributed by atoms with Crippen LogP contribution < -0.4 is 0 Å². The van der Waals surface area contributed by atoms with Gasteiger partial charge in [0.15, 0.2) is 0 Å². The van der Waals surface area contributed by atoms with E-state index in [-0.39, 0.29) is 0 Å². The molecule has 0 spiro atoms. The van der Waals surface area contributed by atoms with Gasteiger partial charge in [-0.05, 0) is 12.1 Å². The Labute approximate surface area is 70.4 Å². The number of hydrogen-bond acceptors (Lipinski definition) is 2. The van der Waals surface area contributed by atoms with Crippen LogP contribution in [0.25, 0.3) is 0 Å². The van der Waals surface area contributed by atoms with E-state index in [0.29, 0.717) is 15.9 Å². The minimum atomic E-state index is -0.435. The molecule has 1 aromatic carbocycles. The zero-order valence-electron chi connectivity index (χ0n) is 6.15. The molecule has 1 heterocycles. The predicted molar refractivity (Wildman–Crippen MR) is 42.7 cm³/mol. The third-order valence-electron chi connectivity index (χ3n) is 1.83. The van der Waals surface area contributed by atoms with Crippen molar-refractivity contribution in [3.8, 4) is 0 Å². The summed E-state index contributed by atoms with van der Waals surface area (Å²) >= 11 is 0. The van der Waals surface area contributed by atoms with Gasteiger partial charge in [0.25, 0.3) is 0 Å². The number of carbonyl (C=O) groups is 2. The summed E-state index contributed by atoms with van der Waals surface area (Å²) in [4.78, 5) is 23.0. The molecule has 0 saturated heterocycles. The molecular weight excluding hydrogens is 153 g/mol. The van der Waals surface area contributed by atoms with Crippen molar-refractivity contribution in [2.45, 2.75) is 0 Å². The molecule has 0 N–H and O–H groups in total. The Morgan fingerprint density at radius 3 is 1.83 bits per heavy atom. The van der Waals surface area contributed by atoms with Gasteiger partial charge in [0.1, 0.15) is 0 Å². The summed E-state index contributed by atoms with van der Waals surface area (Å²) in [6.07, 6.45) is 0. The normalized spacial score (nSPS) is 15.2. The van der Waals surface area contributed by atoms with Gasteiger partial charge in [-0.15, -0.1) is 0 Å². The maximum absolute atomic E-state index is 11.2. The number of hydrogen-bond donors (Lipinski definition) is 0. The Morgan fingerprint density at radius 1 is 1.00 bits per heavy atom. The second-order valence-corrected chi connectivity index (χ2v) is 2.53. The molecule has 1 aliphatic heterocycles. The fraction of sp³-hybridized carbons (Fsp3) is 0. The van der Waals surface area contributed by atoms with Gasteiger partial charge in [0, 0.05) is 0 Å². The average molecular weight is 157 g/mol. The summed E-state index contributed by atoms with van der Waals surface area (Å²) in [7, 11) is 5.21. The lowest BCUT2D eigenvalue weighted by Gasteiger charge is -2.03. The van der Waals surface area contributed by atoms with Crippen LogP contribution in [0.5, 0.6) is 0 Å². The van der Waals surface area contributed by atoms with Gasteiger partial charge in [0.05, 0.1) is 11.1 Å². The van der Waals surface area contributed by atoms with Crippen molar-refractivity contribution in [2.24, 2.45) is 0 Å². The van der Waals surface area contributed by atoms with Crippen LogP contribution >= 0.6 is 0 Å². The maximum Gasteiger partial charge on any atom is 0.248 e. The third kappa shape index (κ3) is 0.719. The summed E-state index contributed by atoms with van der Waals surface area (Å²) in [5, 5.41) is 0. The van der Waals surface area contributed by atoms with E-state index < -0.39 is 11.8 Å². The Bertz CT molecular complexity index is 340. The lowest BCUT2D eigenvalue weighted by molar-refractivity contribution is 0.0766. The molecule has 0 aromatic heterocycles. The molecule has 0 fully saturated rings. The van der Waals surface area contributed by atoms with Gasteiger partial charge in [-0.1, -0.05) is 12.1 Å². The van der Waals surface area contributed by atoms with Crippen LogP contribution in [0, 0.1) is 0 Å². The van der Waals surface area contributed by atoms with Crippen LogP contribution in [0.2, 0.25) is 0 Å². The molecule has 0 unspecified atom stereocenters. The summed E-state index contributed by atoms with van der Waals surface area (Å²) < 4.78 is 0. The van der Waals surface area contributed by atoms with Crippen LogP contribution in [0.1, 0.15) is 20.7 Å². The first-order valence-electron chi connectivity index (χ1n) is 3.44. The van der Waals surface area contributed by atoms with Gasteiger partial charge in [0.2, 0.25) is 19.8 Å². The molecule has 0 bridgehead atoms. The average Bonchev–Trinajstić information content (AvgIpc) is 2.33. The van der Waals surface area contributed by atoms with E-state index in [2.05, 4.69) is 0 Å². The fourth-order valence-corrected chi connectivity index (χ4v) is 1.21. The van der Waals surface area contributed by atoms with Crippen LogP contribution in [-0.4, -0.2) is 24.6 Å². The second-order valence-electron chi connectivity index (χ2n) is 2.53. The highest BCUT2D eigenvalue weighted by atomic mass is 16.2. The van der Waals surface area contributed by atoms with E-state index in [1.54, 1.807) is 24.3 Å². The quantitative estimate of drug-likeness (QED) is 0.402. The van der Waals surface area contributed by atoms with Crippen LogP contribution in [0.4, 0.5) is 0 Å². The number of imide groups is 1. The zero-order chi connectivity index (χ0) is 8.72. The number of rotatable bonds is 0. The minimum absolute atomic E-state index is 0.380. The molecule has 12 heavy (non-hydrogen) atoms. The molecule has 4 heteroatoms. The number of benzene rings is 1. The predicted octanol–water partition coefficient (Wildman–Crippen LogP) is 0.366. The maximum atomic E-state index is 11.2. The second kappa shape index (κ2) is 2.20. The first kappa shape index (κ1) is 7.09. The highest BCUT2D eigenvalue weighted by Gasteiger charge is 2.30. The molecule has 1 aliphatic rings. The minimum Gasteiger partial charge on any atom is -0.332 e. The van der Waals surface area contributed by atoms with Crippen molar-refractivity contribution in [2.75, 3.05) is 0 Å². The van der Waals surface area contributed by atoms with E-state index in [0.717, 1.165) is 0 Å². The Kier molecular flexibility index (Phi) is 1.30. The van der Waals surface area contributed by atoms with E-state index in [9.17, 15) is 9.59 Å². The van der Waals surface area contributed by atoms with Crippen molar-refractivity contribution >= 4 is 19.8 Å². The van der Waals surface area contributed by atoms with Crippen molar-refractivity contribution in [3.05, 3.63) is 35.4 Å². The van der Waals surface area contributed by atoms with Gasteiger partial charge < -0.3 is 4.81 Å². The molecule has 1 aromatic rings. The molecule has 0 saturated carbocycles. The summed E-state index contributed by atoms with van der Waals surface area (Å²) in [6.45, 7) is 0. The smallest absolute Gasteiger partial charge is 0.248 e. The zero-order valence-corrected chi connectivity index (χ0v) is 6.15. The molecule has 2 radical (unpaired) electrons. The summed E-state index contributed by atoms with van der Waals surface area (Å²) in [6, 6.07) is 6.57. The monoisotopic (exact) mass is 157 g/mol. The molecular formula is C8H4BNO2. The standard InChI is InChI=1S/C8H4BNO2/c9-10-7(11)5-3-1-2-4-6(5)8(10)12/h1-4H. The highest BCUT2D eigenvalue weighted by molar-refractivity contribution is 6.36. The Hall–Kier alpha value is -1.58. The first-order chi connectivity index (χ1) is 5.72. The number of carbonyl (C=O) groups excluding carboxylic acids is 2. The third-order valence-corrected chi connectivity index (χ3v) is 1.83. The summed E-state index contributed by atoms with van der Waals surface area (Å²) in [5.41, 5.74) is 0.759.